The minimum atomic E-state index is -1.93. The summed E-state index contributed by atoms with van der Waals surface area (Å²) in [6.45, 7) is 19.6. The molecule has 6 aliphatic carbocycles. The van der Waals surface area contributed by atoms with Crippen LogP contribution in [0.1, 0.15) is 153 Å². The maximum atomic E-state index is 15.4. The maximum Gasteiger partial charge on any atom is 0.340 e. The Bertz CT molecular complexity index is 2790. The second kappa shape index (κ2) is 30.7. The van der Waals surface area contributed by atoms with Crippen molar-refractivity contribution in [2.24, 2.45) is 61.4 Å². The number of nitrogens with zero attached hydrogens (tertiary/aromatic N) is 2. The number of aliphatic hydroxyl groups is 14. The third-order valence-corrected chi connectivity index (χ3v) is 25.8. The molecule has 5 aliphatic heterocycles. The number of fused-ring (bicyclic) bond motifs is 7. The van der Waals surface area contributed by atoms with Crippen LogP contribution in [0.3, 0.4) is 0 Å². The second-order valence-electron chi connectivity index (χ2n) is 32.6. The highest BCUT2D eigenvalue weighted by Crippen LogP contribution is 2.76. The molecule has 5 saturated heterocycles. The Morgan fingerprint density at radius 2 is 1.16 bits per heavy atom. The lowest BCUT2D eigenvalue weighted by molar-refractivity contribution is -0.374. The Kier molecular flexibility index (Phi) is 24.5. The SMILES string of the molecule is CC1CCC(NC(=O)N(CCCl)N=O)CC1.CC1OC(OC2CCC3(C)C(CCC4(C)C3CC=C3C5CC(C)(C)CCC5(C(=O)OC5OCC(O)C(O)C5OC5OC(C)C(OC6OC(CO)C(O)C(O)C6O)C(O)C5O)C(O)CC34C)C2(C)C)C(O)C(O)C1OC1OCC(O)C(O)C1O. The van der Waals surface area contributed by atoms with Gasteiger partial charge in [0.25, 0.3) is 0 Å². The third kappa shape index (κ3) is 14.8. The zero-order valence-electron chi connectivity index (χ0n) is 58.5. The third-order valence-electron chi connectivity index (χ3n) is 25.7. The Morgan fingerprint density at radius 1 is 0.606 bits per heavy atom. The first-order valence-corrected chi connectivity index (χ1v) is 36.1. The first-order chi connectivity index (χ1) is 46.4. The van der Waals surface area contributed by atoms with Crippen molar-refractivity contribution < 1.29 is 128 Å². The van der Waals surface area contributed by atoms with E-state index in [1.807, 2.05) is 0 Å². The zero-order chi connectivity index (χ0) is 72.6. The van der Waals surface area contributed by atoms with Crippen molar-refractivity contribution in [2.75, 3.05) is 32.2 Å². The molecule has 5 heterocycles. The molecule has 0 radical (unpaired) electrons. The number of urea groups is 1. The first-order valence-electron chi connectivity index (χ1n) is 35.6. The van der Waals surface area contributed by atoms with Crippen LogP contribution in [0.15, 0.2) is 16.9 Å². The van der Waals surface area contributed by atoms with Crippen molar-refractivity contribution in [3.05, 3.63) is 16.6 Å². The highest BCUT2D eigenvalue weighted by Gasteiger charge is 2.72. The molecule has 0 aromatic rings. The summed E-state index contributed by atoms with van der Waals surface area (Å²) in [6, 6.07) is -0.265. The van der Waals surface area contributed by atoms with E-state index in [9.17, 15) is 81.2 Å². The van der Waals surface area contributed by atoms with Gasteiger partial charge < -0.3 is 124 Å². The van der Waals surface area contributed by atoms with Crippen LogP contribution < -0.4 is 5.32 Å². The van der Waals surface area contributed by atoms with Gasteiger partial charge in [0.2, 0.25) is 6.29 Å². The molecule has 11 aliphatic rings. The lowest BCUT2D eigenvalue weighted by Gasteiger charge is -2.71. The number of carbonyl (C=O) groups is 2. The summed E-state index contributed by atoms with van der Waals surface area (Å²) in [4.78, 5) is 37.4. The predicted octanol–water partition coefficient (Wildman–Crippen LogP) is 0.590. The molecular weight excluding hydrogens is 1330 g/mol. The van der Waals surface area contributed by atoms with Gasteiger partial charge in [0, 0.05) is 11.9 Å². The van der Waals surface area contributed by atoms with Gasteiger partial charge in [-0.05, 0) is 148 Å². The topological polar surface area (TPSA) is 454 Å². The van der Waals surface area contributed by atoms with E-state index in [4.69, 9.17) is 59.0 Å². The van der Waals surface area contributed by atoms with Crippen LogP contribution in [-0.2, 0) is 52.2 Å². The number of ether oxygens (including phenoxy) is 10. The number of hydrogen-bond donors (Lipinski definition) is 15. The van der Waals surface area contributed by atoms with Crippen molar-refractivity contribution in [1.29, 1.82) is 0 Å². The van der Waals surface area contributed by atoms with E-state index in [-0.39, 0.29) is 66.0 Å². The van der Waals surface area contributed by atoms with Crippen LogP contribution in [0.2, 0.25) is 0 Å². The van der Waals surface area contributed by atoms with Crippen molar-refractivity contribution in [3.8, 4) is 0 Å². The van der Waals surface area contributed by atoms with E-state index >= 15 is 4.79 Å². The van der Waals surface area contributed by atoms with Crippen molar-refractivity contribution in [3.63, 3.8) is 0 Å². The van der Waals surface area contributed by atoms with Crippen LogP contribution >= 0.6 is 11.6 Å². The Morgan fingerprint density at radius 3 is 1.77 bits per heavy atom. The summed E-state index contributed by atoms with van der Waals surface area (Å²) >= 11 is 5.46. The Balaban J connectivity index is 0.000000583. The molecule has 30 nitrogen and oxygen atoms in total. The van der Waals surface area contributed by atoms with E-state index in [2.05, 4.69) is 72.1 Å². The van der Waals surface area contributed by atoms with E-state index in [0.717, 1.165) is 61.4 Å². The van der Waals surface area contributed by atoms with Gasteiger partial charge in [-0.3, -0.25) is 4.79 Å². The summed E-state index contributed by atoms with van der Waals surface area (Å²) in [7, 11) is 0. The standard InChI is InChI=1S/C58H94O25.C10H18ClN3O2/c1-23-44(80-47-40(69)34(63)27(60)21-74-47)38(67)42(71)48(76-23)79-33-13-14-55(7)30(54(33,5)6)12-15-56(8)31(55)11-10-25-26-18-53(3,4)16-17-58(26,32(62)19-57(25,56)9)52(73)83-51-46(35(64)28(61)22-75-51)82-49-43(72)39(68)45(24(2)77-49)81-50-41(70)37(66)36(65)29(20-59)78-50;1-8-2-4-9(5-3-8)12-10(15)14(13-16)7-6-11/h10,23-24,26-51,59-72H,11-22H2,1-9H3;8-9H,2-7H2,1H3,(H,12,15). The van der Waals surface area contributed by atoms with Crippen LogP contribution in [-0.4, -0.2) is 280 Å². The summed E-state index contributed by atoms with van der Waals surface area (Å²) in [6.07, 6.45) is -25.0. The number of halogens is 1. The number of nitrogens with one attached hydrogen (secondary N) is 1. The molecule has 568 valence electrons. The largest absolute Gasteiger partial charge is 0.432 e. The fourth-order valence-corrected chi connectivity index (χ4v) is 19.5. The number of rotatable bonds is 15. The summed E-state index contributed by atoms with van der Waals surface area (Å²) in [5.41, 5.74) is -2.28. The van der Waals surface area contributed by atoms with Gasteiger partial charge in [-0.15, -0.1) is 16.5 Å². The minimum absolute atomic E-state index is 0.129. The number of nitroso groups, excluding NO2 is 1. The maximum absolute atomic E-state index is 15.4. The van der Waals surface area contributed by atoms with Crippen LogP contribution in [0.25, 0.3) is 0 Å². The van der Waals surface area contributed by atoms with Gasteiger partial charge in [0.15, 0.2) is 31.3 Å². The summed E-state index contributed by atoms with van der Waals surface area (Å²) in [5, 5.41) is 159. The Hall–Kier alpha value is -2.55. The van der Waals surface area contributed by atoms with Crippen molar-refractivity contribution in [2.45, 2.75) is 312 Å². The smallest absolute Gasteiger partial charge is 0.340 e. The van der Waals surface area contributed by atoms with Gasteiger partial charge in [0.1, 0.15) is 97.0 Å². The number of carbonyl (C=O) groups excluding carboxylic acids is 2. The molecule has 0 aromatic heterocycles. The second-order valence-corrected chi connectivity index (χ2v) is 32.9. The molecule has 5 saturated carbocycles. The van der Waals surface area contributed by atoms with Gasteiger partial charge in [0.05, 0.1) is 56.1 Å². The van der Waals surface area contributed by atoms with Gasteiger partial charge >= 0.3 is 12.0 Å². The number of hydrogen-bond acceptors (Lipinski definition) is 28. The molecule has 32 unspecified atom stereocenters. The average Bonchev–Trinajstić information content (AvgIpc) is 0.671. The fourth-order valence-electron chi connectivity index (χ4n) is 19.4. The molecule has 31 heteroatoms. The quantitative estimate of drug-likeness (QED) is 0.0266. The molecular formula is C68H112ClN3O27. The van der Waals surface area contributed by atoms with Crippen molar-refractivity contribution >= 4 is 23.6 Å². The number of alkyl halides is 1. The van der Waals surface area contributed by atoms with Crippen LogP contribution in [0, 0.1) is 61.1 Å². The molecule has 0 bridgehead atoms. The molecule has 99 heavy (non-hydrogen) atoms. The minimum Gasteiger partial charge on any atom is -0.432 e. The molecule has 10 fully saturated rings. The predicted molar refractivity (Wildman–Crippen MR) is 345 cm³/mol. The molecule has 0 spiro atoms. The molecule has 0 aromatic carbocycles. The Labute approximate surface area is 582 Å². The number of amides is 2. The average molecular weight is 1440 g/mol. The van der Waals surface area contributed by atoms with Crippen LogP contribution in [0.5, 0.6) is 0 Å². The number of allylic oxidation sites excluding steroid dienone is 2. The highest BCUT2D eigenvalue weighted by atomic mass is 35.5. The lowest BCUT2D eigenvalue weighted by atomic mass is 9.33. The summed E-state index contributed by atoms with van der Waals surface area (Å²) < 4.78 is 59.6. The van der Waals surface area contributed by atoms with Crippen molar-refractivity contribution in [1.82, 2.24) is 10.3 Å². The monoisotopic (exact) mass is 1440 g/mol. The normalized spacial score (nSPS) is 50.3. The lowest BCUT2D eigenvalue weighted by Crippen LogP contribution is -2.68. The molecule has 2 amide bonds. The molecule has 11 rings (SSSR count). The number of esters is 1. The van der Waals surface area contributed by atoms with E-state index in [1.54, 1.807) is 6.92 Å². The zero-order valence-corrected chi connectivity index (χ0v) is 59.2. The summed E-state index contributed by atoms with van der Waals surface area (Å²) in [5.74, 6) is -0.0601. The van der Waals surface area contributed by atoms with Gasteiger partial charge in [-0.25, -0.2) is 4.79 Å². The van der Waals surface area contributed by atoms with Crippen LogP contribution in [0.4, 0.5) is 4.79 Å². The first kappa shape index (κ1) is 79.0. The molecule has 15 N–H and O–H groups in total. The highest BCUT2D eigenvalue weighted by molar-refractivity contribution is 6.18. The van der Waals surface area contributed by atoms with E-state index < -0.39 is 201 Å². The number of aliphatic hydroxyl groups excluding tert-OH is 14. The fraction of sp³-hybridized carbons (Fsp3) is 0.941. The van der Waals surface area contributed by atoms with E-state index in [1.165, 1.54) is 6.92 Å². The van der Waals surface area contributed by atoms with Gasteiger partial charge in [-0.2, -0.15) is 5.01 Å². The van der Waals surface area contributed by atoms with E-state index in [0.29, 0.717) is 25.7 Å². The molecule has 32 atom stereocenters. The van der Waals surface area contributed by atoms with Gasteiger partial charge in [-0.1, -0.05) is 67.0 Å².